The molecule has 0 spiro atoms. The third kappa shape index (κ3) is 7.52. The fourth-order valence-electron chi connectivity index (χ4n) is 3.23. The summed E-state index contributed by atoms with van der Waals surface area (Å²) in [4.78, 5) is 2.40. The zero-order valence-electron chi connectivity index (χ0n) is 16.1. The summed E-state index contributed by atoms with van der Waals surface area (Å²) in [5, 5.41) is 7.09. The van der Waals surface area contributed by atoms with Crippen LogP contribution in [0.1, 0.15) is 18.4 Å². The zero-order chi connectivity index (χ0) is 19.1. The number of nitrogens with zero attached hydrogens (tertiary/aromatic N) is 1. The van der Waals surface area contributed by atoms with E-state index >= 15 is 0 Å². The molecule has 1 rings (SSSR count). The van der Waals surface area contributed by atoms with Gasteiger partial charge in [-0.1, -0.05) is 54.6 Å². The van der Waals surface area contributed by atoms with Gasteiger partial charge in [-0.3, -0.25) is 4.90 Å². The summed E-state index contributed by atoms with van der Waals surface area (Å²) in [6.07, 6.45) is 9.68. The largest absolute Gasteiger partial charge is 0.314 e. The Balaban J connectivity index is 2.55. The van der Waals surface area contributed by atoms with Crippen molar-refractivity contribution in [3.05, 3.63) is 86.5 Å². The summed E-state index contributed by atoms with van der Waals surface area (Å²) in [6, 6.07) is 10.5. The smallest absolute Gasteiger partial charge is 0.0408 e. The van der Waals surface area contributed by atoms with Crippen LogP contribution in [0.25, 0.3) is 0 Å². The Hall–Kier alpha value is -1.94. The van der Waals surface area contributed by atoms with Crippen LogP contribution in [0.5, 0.6) is 0 Å². The number of benzene rings is 1. The lowest BCUT2D eigenvalue weighted by Gasteiger charge is -2.43. The molecule has 0 fully saturated rings. The standard InChI is InChI=1S/C23H35N3/c1-5-14-23(15-6-2,26(18-7-3)19-8-4)21-25-17-16-24-20-22-12-10-9-11-13-22/h5-13,24-25H,1-4,14-21H2. The van der Waals surface area contributed by atoms with Crippen LogP contribution in [0.2, 0.25) is 0 Å². The van der Waals surface area contributed by atoms with E-state index in [0.717, 1.165) is 52.1 Å². The van der Waals surface area contributed by atoms with Crippen LogP contribution >= 0.6 is 0 Å². The minimum Gasteiger partial charge on any atom is -0.314 e. The minimum atomic E-state index is -0.0503. The van der Waals surface area contributed by atoms with Crippen LogP contribution in [0, 0.1) is 0 Å². The van der Waals surface area contributed by atoms with E-state index in [9.17, 15) is 0 Å². The van der Waals surface area contributed by atoms with Gasteiger partial charge in [0.2, 0.25) is 0 Å². The Morgan fingerprint density at radius 1 is 0.808 bits per heavy atom. The maximum Gasteiger partial charge on any atom is 0.0408 e. The molecule has 1 aromatic carbocycles. The molecule has 0 aliphatic heterocycles. The average Bonchev–Trinajstić information content (AvgIpc) is 2.65. The topological polar surface area (TPSA) is 27.3 Å². The van der Waals surface area contributed by atoms with Crippen molar-refractivity contribution in [2.75, 3.05) is 32.7 Å². The van der Waals surface area contributed by atoms with Gasteiger partial charge < -0.3 is 10.6 Å². The highest BCUT2D eigenvalue weighted by Gasteiger charge is 2.32. The van der Waals surface area contributed by atoms with Crippen LogP contribution < -0.4 is 10.6 Å². The minimum absolute atomic E-state index is 0.0503. The average molecular weight is 354 g/mol. The summed E-state index contributed by atoms with van der Waals surface area (Å²) in [5.74, 6) is 0. The van der Waals surface area contributed by atoms with E-state index in [0.29, 0.717) is 0 Å². The highest BCUT2D eigenvalue weighted by atomic mass is 15.2. The van der Waals surface area contributed by atoms with Crippen molar-refractivity contribution < 1.29 is 0 Å². The molecule has 0 atom stereocenters. The van der Waals surface area contributed by atoms with Gasteiger partial charge >= 0.3 is 0 Å². The Kier molecular flexibility index (Phi) is 11.3. The summed E-state index contributed by atoms with van der Waals surface area (Å²) in [5.41, 5.74) is 1.26. The second-order valence-corrected chi connectivity index (χ2v) is 6.53. The normalized spacial score (nSPS) is 11.3. The van der Waals surface area contributed by atoms with Crippen LogP contribution in [-0.2, 0) is 6.54 Å². The van der Waals surface area contributed by atoms with E-state index in [-0.39, 0.29) is 5.54 Å². The highest BCUT2D eigenvalue weighted by molar-refractivity contribution is 5.14. The number of hydrogen-bond donors (Lipinski definition) is 2. The van der Waals surface area contributed by atoms with Crippen LogP contribution in [-0.4, -0.2) is 43.2 Å². The summed E-state index contributed by atoms with van der Waals surface area (Å²) < 4.78 is 0. The van der Waals surface area contributed by atoms with Gasteiger partial charge in [-0.05, 0) is 18.4 Å². The SMILES string of the molecule is C=CCN(CC=C)C(CC=C)(CC=C)CNCCNCc1ccccc1. The maximum atomic E-state index is 3.97. The van der Waals surface area contributed by atoms with Crippen molar-refractivity contribution in [2.45, 2.75) is 24.9 Å². The van der Waals surface area contributed by atoms with Crippen molar-refractivity contribution in [1.29, 1.82) is 0 Å². The second kappa shape index (κ2) is 13.3. The van der Waals surface area contributed by atoms with Crippen LogP contribution in [0.4, 0.5) is 0 Å². The molecular weight excluding hydrogens is 318 g/mol. The third-order valence-corrected chi connectivity index (χ3v) is 4.52. The fourth-order valence-corrected chi connectivity index (χ4v) is 3.23. The monoisotopic (exact) mass is 353 g/mol. The van der Waals surface area contributed by atoms with Crippen LogP contribution in [0.3, 0.4) is 0 Å². The van der Waals surface area contributed by atoms with Crippen molar-refractivity contribution >= 4 is 0 Å². The molecule has 0 heterocycles. The predicted molar refractivity (Wildman–Crippen MR) is 115 cm³/mol. The van der Waals surface area contributed by atoms with Crippen molar-refractivity contribution in [2.24, 2.45) is 0 Å². The molecule has 0 bridgehead atoms. The number of rotatable bonds is 16. The van der Waals surface area contributed by atoms with Gasteiger partial charge in [0.15, 0.2) is 0 Å². The molecule has 2 N–H and O–H groups in total. The Bertz CT molecular complexity index is 516. The van der Waals surface area contributed by atoms with E-state index in [2.05, 4.69) is 66.1 Å². The molecule has 0 aliphatic carbocycles. The molecule has 0 aliphatic rings. The summed E-state index contributed by atoms with van der Waals surface area (Å²) in [6.45, 7) is 21.0. The van der Waals surface area contributed by atoms with Crippen molar-refractivity contribution in [3.63, 3.8) is 0 Å². The fraction of sp³-hybridized carbons (Fsp3) is 0.391. The van der Waals surface area contributed by atoms with E-state index in [4.69, 9.17) is 0 Å². The summed E-state index contributed by atoms with van der Waals surface area (Å²) in [7, 11) is 0. The number of hydrogen-bond acceptors (Lipinski definition) is 3. The van der Waals surface area contributed by atoms with Gasteiger partial charge in [-0.25, -0.2) is 0 Å². The van der Waals surface area contributed by atoms with Gasteiger partial charge in [0.05, 0.1) is 0 Å². The molecule has 0 saturated carbocycles. The molecular formula is C23H35N3. The lowest BCUT2D eigenvalue weighted by molar-refractivity contribution is 0.117. The van der Waals surface area contributed by atoms with Crippen molar-refractivity contribution in [3.8, 4) is 0 Å². The lowest BCUT2D eigenvalue weighted by Crippen LogP contribution is -2.55. The molecule has 3 heteroatoms. The van der Waals surface area contributed by atoms with Gasteiger partial charge in [0, 0.05) is 44.8 Å². The van der Waals surface area contributed by atoms with E-state index < -0.39 is 0 Å². The third-order valence-electron chi connectivity index (χ3n) is 4.52. The Labute approximate surface area is 160 Å². The molecule has 1 aromatic rings. The second-order valence-electron chi connectivity index (χ2n) is 6.53. The number of nitrogens with one attached hydrogen (secondary N) is 2. The van der Waals surface area contributed by atoms with E-state index in [1.807, 2.05) is 30.4 Å². The van der Waals surface area contributed by atoms with Gasteiger partial charge in [-0.2, -0.15) is 0 Å². The highest BCUT2D eigenvalue weighted by Crippen LogP contribution is 2.25. The first-order chi connectivity index (χ1) is 12.7. The predicted octanol–water partition coefficient (Wildman–Crippen LogP) is 3.93. The maximum absolute atomic E-state index is 3.97. The zero-order valence-corrected chi connectivity index (χ0v) is 16.1. The quantitative estimate of drug-likeness (QED) is 0.348. The first-order valence-electron chi connectivity index (χ1n) is 9.36. The Morgan fingerprint density at radius 3 is 1.92 bits per heavy atom. The molecule has 0 amide bonds. The van der Waals surface area contributed by atoms with Crippen molar-refractivity contribution in [1.82, 2.24) is 15.5 Å². The molecule has 26 heavy (non-hydrogen) atoms. The Morgan fingerprint density at radius 2 is 1.38 bits per heavy atom. The van der Waals surface area contributed by atoms with Gasteiger partial charge in [-0.15, -0.1) is 26.3 Å². The molecule has 142 valence electrons. The molecule has 3 nitrogen and oxygen atoms in total. The first kappa shape index (κ1) is 22.1. The van der Waals surface area contributed by atoms with Crippen LogP contribution in [0.15, 0.2) is 81.0 Å². The molecule has 0 saturated heterocycles. The first-order valence-corrected chi connectivity index (χ1v) is 9.36. The van der Waals surface area contributed by atoms with Gasteiger partial charge in [0.25, 0.3) is 0 Å². The molecule has 0 unspecified atom stereocenters. The summed E-state index contributed by atoms with van der Waals surface area (Å²) >= 11 is 0. The van der Waals surface area contributed by atoms with E-state index in [1.165, 1.54) is 5.56 Å². The molecule has 0 radical (unpaired) electrons. The molecule has 0 aromatic heterocycles. The van der Waals surface area contributed by atoms with E-state index in [1.54, 1.807) is 0 Å². The van der Waals surface area contributed by atoms with Gasteiger partial charge in [0.1, 0.15) is 0 Å². The lowest BCUT2D eigenvalue weighted by atomic mass is 9.88.